The summed E-state index contributed by atoms with van der Waals surface area (Å²) in [6.45, 7) is 2.10. The summed E-state index contributed by atoms with van der Waals surface area (Å²) in [5, 5.41) is 0. The zero-order valence-electron chi connectivity index (χ0n) is 6.28. The van der Waals surface area contributed by atoms with Crippen molar-refractivity contribution in [1.29, 1.82) is 0 Å². The van der Waals surface area contributed by atoms with E-state index in [1.54, 1.807) is 0 Å². The van der Waals surface area contributed by atoms with Crippen LogP contribution >= 0.6 is 0 Å². The van der Waals surface area contributed by atoms with Crippen LogP contribution in [0.25, 0.3) is 0 Å². The fourth-order valence-corrected chi connectivity index (χ4v) is 0.440. The molecule has 0 spiro atoms. The molecular weight excluding hydrogens is 135 g/mol. The second kappa shape index (κ2) is 11.7. The molecule has 0 aromatic heterocycles. The minimum Gasteiger partial charge on any atom is -0.694 e. The minimum atomic E-state index is 0. The minimum absolute atomic E-state index is 0. The maximum Gasteiger partial charge on any atom is 1.00 e. The molecule has 0 aliphatic carbocycles. The van der Waals surface area contributed by atoms with Gasteiger partial charge in [-0.3, -0.25) is 0 Å². The molecule has 0 aromatic rings. The fraction of sp³-hybridized carbons (Fsp3) is 0.500. The molecule has 1 heteroatoms. The van der Waals surface area contributed by atoms with Crippen LogP contribution in [-0.4, -0.2) is 0 Å². The Bertz CT molecular complexity index is 97.6. The monoisotopic (exact) mass is 146 g/mol. The average molecular weight is 146 g/mol. The van der Waals surface area contributed by atoms with Gasteiger partial charge in [0.25, 0.3) is 0 Å². The van der Waals surface area contributed by atoms with Crippen molar-refractivity contribution in [3.8, 4) is 5.92 Å². The zero-order chi connectivity index (χ0) is 6.24. The van der Waals surface area contributed by atoms with Crippen molar-refractivity contribution < 1.29 is 51.4 Å². The first-order valence-corrected chi connectivity index (χ1v) is 2.96. The molecule has 0 radical (unpaired) electrons. The van der Waals surface area contributed by atoms with Gasteiger partial charge >= 0.3 is 51.4 Å². The third-order valence-corrected chi connectivity index (χ3v) is 0.838. The SMILES string of the molecule is [C-]#CCCC=CCC.[K+]. The smallest absolute Gasteiger partial charge is 0.694 e. The van der Waals surface area contributed by atoms with Gasteiger partial charge in [0, 0.05) is 0 Å². The van der Waals surface area contributed by atoms with Crippen molar-refractivity contribution in [2.45, 2.75) is 26.2 Å². The van der Waals surface area contributed by atoms with E-state index in [0.29, 0.717) is 0 Å². The molecule has 0 heterocycles. The van der Waals surface area contributed by atoms with Crippen LogP contribution in [0.1, 0.15) is 26.2 Å². The Kier molecular flexibility index (Phi) is 16.4. The third-order valence-electron chi connectivity index (χ3n) is 0.838. The Hall–Kier alpha value is 0.936. The first-order valence-electron chi connectivity index (χ1n) is 2.96. The van der Waals surface area contributed by atoms with Gasteiger partial charge in [0.05, 0.1) is 0 Å². The normalized spacial score (nSPS) is 8.44. The molecule has 0 N–H and O–H groups in total. The molecular formula is C8H11K. The standard InChI is InChI=1S/C8H11.K/c1-3-5-7-8-6-4-2;/h5,7H,3,6,8H2,1H3;/q-1;+1. The van der Waals surface area contributed by atoms with Crippen LogP contribution in [0.5, 0.6) is 0 Å². The summed E-state index contributed by atoms with van der Waals surface area (Å²) in [7, 11) is 0. The van der Waals surface area contributed by atoms with Gasteiger partial charge in [-0.25, -0.2) is 0 Å². The second-order valence-corrected chi connectivity index (χ2v) is 1.60. The molecule has 0 saturated carbocycles. The van der Waals surface area contributed by atoms with E-state index in [-0.39, 0.29) is 51.4 Å². The van der Waals surface area contributed by atoms with Crippen molar-refractivity contribution in [2.75, 3.05) is 0 Å². The molecule has 44 valence electrons. The van der Waals surface area contributed by atoms with Gasteiger partial charge < -0.3 is 12.3 Å². The predicted octanol–water partition coefficient (Wildman–Crippen LogP) is -0.673. The molecule has 0 saturated heterocycles. The summed E-state index contributed by atoms with van der Waals surface area (Å²) in [4.78, 5) is 0. The zero-order valence-corrected chi connectivity index (χ0v) is 9.40. The van der Waals surface area contributed by atoms with Crippen LogP contribution in [0.3, 0.4) is 0 Å². The largest absolute Gasteiger partial charge is 1.00 e. The van der Waals surface area contributed by atoms with Crippen LogP contribution in [0.2, 0.25) is 0 Å². The van der Waals surface area contributed by atoms with Gasteiger partial charge in [0.2, 0.25) is 0 Å². The van der Waals surface area contributed by atoms with Crippen LogP contribution in [0, 0.1) is 12.3 Å². The van der Waals surface area contributed by atoms with Crippen molar-refractivity contribution in [3.05, 3.63) is 18.6 Å². The number of rotatable bonds is 3. The molecule has 0 aromatic carbocycles. The topological polar surface area (TPSA) is 0 Å². The number of allylic oxidation sites excluding steroid dienone is 2. The van der Waals surface area contributed by atoms with Crippen molar-refractivity contribution in [3.63, 3.8) is 0 Å². The van der Waals surface area contributed by atoms with E-state index in [4.69, 9.17) is 6.42 Å². The molecule has 0 aliphatic heterocycles. The van der Waals surface area contributed by atoms with E-state index in [1.807, 2.05) is 0 Å². The Morgan fingerprint density at radius 2 is 2.11 bits per heavy atom. The Labute approximate surface area is 101 Å². The van der Waals surface area contributed by atoms with Crippen molar-refractivity contribution >= 4 is 0 Å². The van der Waals surface area contributed by atoms with Crippen molar-refractivity contribution in [1.82, 2.24) is 0 Å². The second-order valence-electron chi connectivity index (χ2n) is 1.60. The van der Waals surface area contributed by atoms with E-state index >= 15 is 0 Å². The van der Waals surface area contributed by atoms with Crippen LogP contribution in [0.15, 0.2) is 12.2 Å². The molecule has 0 nitrogen and oxygen atoms in total. The first-order chi connectivity index (χ1) is 3.91. The number of hydrogen-bond acceptors (Lipinski definition) is 0. The summed E-state index contributed by atoms with van der Waals surface area (Å²) in [6.07, 6.45) is 13.6. The van der Waals surface area contributed by atoms with Gasteiger partial charge in [-0.1, -0.05) is 19.1 Å². The molecule has 0 aliphatic rings. The summed E-state index contributed by atoms with van der Waals surface area (Å²) in [5.41, 5.74) is 0. The predicted molar refractivity (Wildman–Crippen MR) is 35.8 cm³/mol. The summed E-state index contributed by atoms with van der Waals surface area (Å²) < 4.78 is 0. The molecule has 0 bridgehead atoms. The van der Waals surface area contributed by atoms with E-state index in [1.165, 1.54) is 0 Å². The molecule has 0 unspecified atom stereocenters. The van der Waals surface area contributed by atoms with Crippen molar-refractivity contribution in [2.24, 2.45) is 0 Å². The molecule has 0 amide bonds. The van der Waals surface area contributed by atoms with Gasteiger partial charge in [-0.15, -0.1) is 0 Å². The maximum atomic E-state index is 6.55. The molecule has 0 atom stereocenters. The Morgan fingerprint density at radius 3 is 2.56 bits per heavy atom. The third kappa shape index (κ3) is 12.2. The van der Waals surface area contributed by atoms with Gasteiger partial charge in [-0.05, 0) is 19.3 Å². The van der Waals surface area contributed by atoms with Crippen LogP contribution in [-0.2, 0) is 0 Å². The van der Waals surface area contributed by atoms with Gasteiger partial charge in [-0.2, -0.15) is 0 Å². The molecule has 0 fully saturated rings. The van der Waals surface area contributed by atoms with E-state index in [9.17, 15) is 0 Å². The first kappa shape index (κ1) is 12.6. The molecule has 0 rings (SSSR count). The van der Waals surface area contributed by atoms with Gasteiger partial charge in [0.15, 0.2) is 0 Å². The number of hydrogen-bond donors (Lipinski definition) is 0. The number of unbranched alkanes of at least 4 members (excludes halogenated alkanes) is 1. The molecule has 9 heavy (non-hydrogen) atoms. The van der Waals surface area contributed by atoms with Gasteiger partial charge in [0.1, 0.15) is 0 Å². The van der Waals surface area contributed by atoms with Crippen LogP contribution in [0.4, 0.5) is 0 Å². The van der Waals surface area contributed by atoms with E-state index < -0.39 is 0 Å². The summed E-state index contributed by atoms with van der Waals surface area (Å²) >= 11 is 0. The quantitative estimate of drug-likeness (QED) is 0.163. The Morgan fingerprint density at radius 1 is 1.44 bits per heavy atom. The maximum absolute atomic E-state index is 6.55. The Balaban J connectivity index is 0. The fourth-order valence-electron chi connectivity index (χ4n) is 0.440. The average Bonchev–Trinajstić information content (AvgIpc) is 1.81. The van der Waals surface area contributed by atoms with Crippen LogP contribution < -0.4 is 51.4 Å². The van der Waals surface area contributed by atoms with E-state index in [0.717, 1.165) is 19.3 Å². The summed E-state index contributed by atoms with van der Waals surface area (Å²) in [6, 6.07) is 0. The summed E-state index contributed by atoms with van der Waals surface area (Å²) in [5.74, 6) is 2.33. The van der Waals surface area contributed by atoms with E-state index in [2.05, 4.69) is 25.0 Å².